The standard InChI is InChI=1S/C15H20F3N3O/c16-15(17,18)12-6-1-2-7-13(12)20-14(22)19-8-5-11-21-9-3-4-10-21/h1-2,6-7H,3-5,8-11H2,(H2,19,20,22). The Labute approximate surface area is 127 Å². The highest BCUT2D eigenvalue weighted by Crippen LogP contribution is 2.34. The second-order valence-electron chi connectivity index (χ2n) is 5.33. The van der Waals surface area contributed by atoms with Crippen LogP contribution in [0.4, 0.5) is 23.7 Å². The minimum absolute atomic E-state index is 0.230. The van der Waals surface area contributed by atoms with E-state index < -0.39 is 17.8 Å². The maximum absolute atomic E-state index is 12.8. The van der Waals surface area contributed by atoms with Crippen LogP contribution in [0.3, 0.4) is 0 Å². The Bertz CT molecular complexity index is 499. The van der Waals surface area contributed by atoms with Gasteiger partial charge in [0.15, 0.2) is 0 Å². The first-order valence-electron chi connectivity index (χ1n) is 7.40. The first kappa shape index (κ1) is 16.6. The SMILES string of the molecule is O=C(NCCCN1CCCC1)Nc1ccccc1C(F)(F)F. The van der Waals surface area contributed by atoms with E-state index >= 15 is 0 Å². The van der Waals surface area contributed by atoms with Crippen molar-refractivity contribution in [3.63, 3.8) is 0 Å². The van der Waals surface area contributed by atoms with Crippen LogP contribution in [0.2, 0.25) is 0 Å². The molecule has 1 aromatic carbocycles. The van der Waals surface area contributed by atoms with Crippen LogP contribution in [0, 0.1) is 0 Å². The van der Waals surface area contributed by atoms with Crippen LogP contribution in [0.15, 0.2) is 24.3 Å². The van der Waals surface area contributed by atoms with E-state index in [1.54, 1.807) is 0 Å². The lowest BCUT2D eigenvalue weighted by Gasteiger charge is -2.15. The van der Waals surface area contributed by atoms with Gasteiger partial charge in [0.25, 0.3) is 0 Å². The van der Waals surface area contributed by atoms with Gasteiger partial charge in [0.1, 0.15) is 0 Å². The van der Waals surface area contributed by atoms with Gasteiger partial charge in [0.05, 0.1) is 11.3 Å². The Kier molecular flexibility index (Phi) is 5.65. The summed E-state index contributed by atoms with van der Waals surface area (Å²) in [6.45, 7) is 3.52. The van der Waals surface area contributed by atoms with E-state index in [0.717, 1.165) is 32.1 Å². The van der Waals surface area contributed by atoms with Gasteiger partial charge in [-0.1, -0.05) is 12.1 Å². The summed E-state index contributed by atoms with van der Waals surface area (Å²) in [5.41, 5.74) is -1.07. The highest BCUT2D eigenvalue weighted by atomic mass is 19.4. The number of nitrogens with one attached hydrogen (secondary N) is 2. The van der Waals surface area contributed by atoms with Gasteiger partial charge in [0.2, 0.25) is 0 Å². The number of amides is 2. The number of para-hydroxylation sites is 1. The number of alkyl halides is 3. The number of benzene rings is 1. The van der Waals surface area contributed by atoms with Crippen molar-refractivity contribution < 1.29 is 18.0 Å². The maximum atomic E-state index is 12.8. The molecule has 1 aliphatic heterocycles. The van der Waals surface area contributed by atoms with Gasteiger partial charge < -0.3 is 15.5 Å². The first-order valence-corrected chi connectivity index (χ1v) is 7.40. The van der Waals surface area contributed by atoms with E-state index in [9.17, 15) is 18.0 Å². The molecule has 2 amide bonds. The average Bonchev–Trinajstić information content (AvgIpc) is 2.96. The summed E-state index contributed by atoms with van der Waals surface area (Å²) in [7, 11) is 0. The van der Waals surface area contributed by atoms with Crippen LogP contribution in [0.25, 0.3) is 0 Å². The van der Waals surface area contributed by atoms with E-state index in [-0.39, 0.29) is 5.69 Å². The lowest BCUT2D eigenvalue weighted by Crippen LogP contribution is -2.32. The minimum Gasteiger partial charge on any atom is -0.338 e. The molecule has 0 radical (unpaired) electrons. The molecule has 7 heteroatoms. The van der Waals surface area contributed by atoms with Gasteiger partial charge in [-0.05, 0) is 51.0 Å². The molecule has 1 aliphatic rings. The predicted molar refractivity (Wildman–Crippen MR) is 78.8 cm³/mol. The van der Waals surface area contributed by atoms with E-state index in [0.29, 0.717) is 6.54 Å². The molecule has 122 valence electrons. The van der Waals surface area contributed by atoms with Gasteiger partial charge in [0, 0.05) is 6.54 Å². The van der Waals surface area contributed by atoms with Crippen molar-refractivity contribution in [1.29, 1.82) is 0 Å². The summed E-state index contributed by atoms with van der Waals surface area (Å²) < 4.78 is 38.4. The molecule has 0 atom stereocenters. The van der Waals surface area contributed by atoms with E-state index in [1.165, 1.54) is 31.0 Å². The van der Waals surface area contributed by atoms with E-state index in [2.05, 4.69) is 15.5 Å². The molecule has 0 aliphatic carbocycles. The number of likely N-dealkylation sites (tertiary alicyclic amines) is 1. The molecule has 1 aromatic rings. The maximum Gasteiger partial charge on any atom is 0.418 e. The fourth-order valence-electron chi connectivity index (χ4n) is 2.52. The number of carbonyl (C=O) groups is 1. The normalized spacial score (nSPS) is 15.8. The monoisotopic (exact) mass is 315 g/mol. The van der Waals surface area contributed by atoms with Gasteiger partial charge in [-0.25, -0.2) is 4.79 Å². The van der Waals surface area contributed by atoms with Crippen molar-refractivity contribution in [2.24, 2.45) is 0 Å². The molecule has 1 heterocycles. The number of rotatable bonds is 5. The van der Waals surface area contributed by atoms with Crippen LogP contribution in [0.1, 0.15) is 24.8 Å². The zero-order valence-electron chi connectivity index (χ0n) is 12.2. The molecule has 0 bridgehead atoms. The van der Waals surface area contributed by atoms with Gasteiger partial charge in [-0.3, -0.25) is 0 Å². The van der Waals surface area contributed by atoms with E-state index in [1.807, 2.05) is 0 Å². The number of hydrogen-bond donors (Lipinski definition) is 2. The first-order chi connectivity index (χ1) is 10.5. The summed E-state index contributed by atoms with van der Waals surface area (Å²) in [4.78, 5) is 14.0. The largest absolute Gasteiger partial charge is 0.418 e. The third-order valence-corrected chi connectivity index (χ3v) is 3.62. The lowest BCUT2D eigenvalue weighted by atomic mass is 10.1. The van der Waals surface area contributed by atoms with Crippen molar-refractivity contribution >= 4 is 11.7 Å². The molecule has 1 fully saturated rings. The Morgan fingerprint density at radius 1 is 1.18 bits per heavy atom. The number of anilines is 1. The van der Waals surface area contributed by atoms with Crippen molar-refractivity contribution in [3.05, 3.63) is 29.8 Å². The Morgan fingerprint density at radius 2 is 1.86 bits per heavy atom. The van der Waals surface area contributed by atoms with Gasteiger partial charge in [-0.2, -0.15) is 13.2 Å². The quantitative estimate of drug-likeness (QED) is 0.819. The Balaban J connectivity index is 1.77. The van der Waals surface area contributed by atoms with Crippen molar-refractivity contribution in [2.75, 3.05) is 31.5 Å². The number of hydrogen-bond acceptors (Lipinski definition) is 2. The molecule has 1 saturated heterocycles. The van der Waals surface area contributed by atoms with Crippen molar-refractivity contribution in [2.45, 2.75) is 25.4 Å². The highest BCUT2D eigenvalue weighted by Gasteiger charge is 2.33. The molecule has 0 aromatic heterocycles. The van der Waals surface area contributed by atoms with Crippen LogP contribution < -0.4 is 10.6 Å². The fraction of sp³-hybridized carbons (Fsp3) is 0.533. The molecule has 0 unspecified atom stereocenters. The summed E-state index contributed by atoms with van der Waals surface area (Å²) in [5, 5.41) is 4.85. The number of urea groups is 1. The topological polar surface area (TPSA) is 44.4 Å². The molecule has 22 heavy (non-hydrogen) atoms. The van der Waals surface area contributed by atoms with Gasteiger partial charge in [-0.15, -0.1) is 0 Å². The van der Waals surface area contributed by atoms with Crippen molar-refractivity contribution in [3.8, 4) is 0 Å². The summed E-state index contributed by atoms with van der Waals surface area (Å²) in [6, 6.07) is 4.33. The molecule has 0 spiro atoms. The second kappa shape index (κ2) is 7.49. The second-order valence-corrected chi connectivity index (χ2v) is 5.33. The minimum atomic E-state index is -4.49. The summed E-state index contributed by atoms with van der Waals surface area (Å²) in [5.74, 6) is 0. The van der Waals surface area contributed by atoms with E-state index in [4.69, 9.17) is 0 Å². The third-order valence-electron chi connectivity index (χ3n) is 3.62. The number of carbonyl (C=O) groups excluding carboxylic acids is 1. The predicted octanol–water partition coefficient (Wildman–Crippen LogP) is 3.31. The smallest absolute Gasteiger partial charge is 0.338 e. The Morgan fingerprint density at radius 3 is 2.55 bits per heavy atom. The molecule has 2 N–H and O–H groups in total. The highest BCUT2D eigenvalue weighted by molar-refractivity contribution is 5.90. The summed E-state index contributed by atoms with van der Waals surface area (Å²) in [6.07, 6.45) is -1.28. The van der Waals surface area contributed by atoms with Crippen LogP contribution in [0.5, 0.6) is 0 Å². The fourth-order valence-corrected chi connectivity index (χ4v) is 2.52. The molecule has 0 saturated carbocycles. The molecule has 2 rings (SSSR count). The third kappa shape index (κ3) is 4.91. The molecule has 4 nitrogen and oxygen atoms in total. The van der Waals surface area contributed by atoms with Crippen molar-refractivity contribution in [1.82, 2.24) is 10.2 Å². The van der Waals surface area contributed by atoms with Crippen LogP contribution in [-0.4, -0.2) is 37.1 Å². The zero-order valence-corrected chi connectivity index (χ0v) is 12.2. The lowest BCUT2D eigenvalue weighted by molar-refractivity contribution is -0.136. The summed E-state index contributed by atoms with van der Waals surface area (Å²) >= 11 is 0. The van der Waals surface area contributed by atoms with Crippen LogP contribution >= 0.6 is 0 Å². The zero-order chi connectivity index (χ0) is 16.0. The Hall–Kier alpha value is -1.76. The number of halogens is 3. The van der Waals surface area contributed by atoms with Crippen LogP contribution in [-0.2, 0) is 6.18 Å². The van der Waals surface area contributed by atoms with Gasteiger partial charge >= 0.3 is 12.2 Å². The number of nitrogens with zero attached hydrogens (tertiary/aromatic N) is 1. The molecular weight excluding hydrogens is 295 g/mol. The average molecular weight is 315 g/mol. The molecular formula is C15H20F3N3O.